The van der Waals surface area contributed by atoms with Gasteiger partial charge in [-0.3, -0.25) is 4.98 Å². The lowest BCUT2D eigenvalue weighted by molar-refractivity contribution is 0.199. The van der Waals surface area contributed by atoms with Crippen molar-refractivity contribution in [3.05, 3.63) is 53.3 Å². The predicted molar refractivity (Wildman–Crippen MR) is 76.9 cm³/mol. The zero-order valence-corrected chi connectivity index (χ0v) is 12.0. The molecule has 4 nitrogen and oxygen atoms in total. The highest BCUT2D eigenvalue weighted by Gasteiger charge is 2.03. The number of nitrogens with zero attached hydrogens (tertiary/aromatic N) is 1. The third-order valence-electron chi connectivity index (χ3n) is 2.96. The van der Waals surface area contributed by atoms with Crippen LogP contribution in [0, 0.1) is 6.92 Å². The van der Waals surface area contributed by atoms with Gasteiger partial charge in [0.15, 0.2) is 0 Å². The van der Waals surface area contributed by atoms with Crippen molar-refractivity contribution >= 4 is 0 Å². The average molecular weight is 273 g/mol. The van der Waals surface area contributed by atoms with Crippen molar-refractivity contribution in [2.24, 2.45) is 0 Å². The first-order valence-corrected chi connectivity index (χ1v) is 6.51. The number of aliphatic hydroxyl groups excluding tert-OH is 1. The molecule has 1 aromatic heterocycles. The van der Waals surface area contributed by atoms with E-state index in [0.29, 0.717) is 6.61 Å². The summed E-state index contributed by atoms with van der Waals surface area (Å²) in [6, 6.07) is 11.1. The second kappa shape index (κ2) is 6.39. The molecule has 1 heterocycles. The molecule has 0 unspecified atom stereocenters. The number of benzene rings is 1. The van der Waals surface area contributed by atoms with Gasteiger partial charge in [-0.2, -0.15) is 0 Å². The fourth-order valence-electron chi connectivity index (χ4n) is 1.89. The quantitative estimate of drug-likeness (QED) is 0.909. The summed E-state index contributed by atoms with van der Waals surface area (Å²) in [5.74, 6) is 1.53. The Bertz CT molecular complexity index is 564. The second-order valence-corrected chi connectivity index (χ2v) is 4.67. The molecule has 0 saturated heterocycles. The van der Waals surface area contributed by atoms with Crippen LogP contribution in [-0.4, -0.2) is 17.2 Å². The van der Waals surface area contributed by atoms with Crippen LogP contribution in [0.25, 0.3) is 0 Å². The maximum Gasteiger partial charge on any atom is 0.130 e. The Morgan fingerprint density at radius 3 is 2.45 bits per heavy atom. The summed E-state index contributed by atoms with van der Waals surface area (Å²) in [5.41, 5.74) is 2.58. The molecule has 0 fully saturated rings. The van der Waals surface area contributed by atoms with E-state index in [1.54, 1.807) is 14.0 Å². The largest absolute Gasteiger partial charge is 0.497 e. The zero-order chi connectivity index (χ0) is 14.5. The average Bonchev–Trinajstić information content (AvgIpc) is 2.45. The van der Waals surface area contributed by atoms with Crippen molar-refractivity contribution in [2.45, 2.75) is 26.6 Å². The lowest BCUT2D eigenvalue weighted by Crippen LogP contribution is -2.01. The number of hydrogen-bond donors (Lipinski definition) is 1. The minimum atomic E-state index is -0.466. The van der Waals surface area contributed by atoms with Crippen molar-refractivity contribution in [1.29, 1.82) is 0 Å². The van der Waals surface area contributed by atoms with Gasteiger partial charge in [-0.15, -0.1) is 0 Å². The molecule has 0 saturated carbocycles. The minimum Gasteiger partial charge on any atom is -0.497 e. The standard InChI is InChI=1S/C16H19NO3/c1-11-8-16(19-3)9-14(17-11)10-20-15-6-4-13(5-7-15)12(2)18/h4-9,12,18H,10H2,1-3H3/t12-/m0/s1. The third-order valence-corrected chi connectivity index (χ3v) is 2.96. The fourth-order valence-corrected chi connectivity index (χ4v) is 1.89. The van der Waals surface area contributed by atoms with Gasteiger partial charge < -0.3 is 14.6 Å². The van der Waals surface area contributed by atoms with Crippen LogP contribution < -0.4 is 9.47 Å². The summed E-state index contributed by atoms with van der Waals surface area (Å²) in [7, 11) is 1.63. The van der Waals surface area contributed by atoms with E-state index in [4.69, 9.17) is 9.47 Å². The molecule has 4 heteroatoms. The van der Waals surface area contributed by atoms with Crippen LogP contribution >= 0.6 is 0 Å². The number of aryl methyl sites for hydroxylation is 1. The predicted octanol–water partition coefficient (Wildman–Crippen LogP) is 3.03. The molecule has 1 atom stereocenters. The van der Waals surface area contributed by atoms with Gasteiger partial charge in [-0.1, -0.05) is 12.1 Å². The molecule has 0 radical (unpaired) electrons. The smallest absolute Gasteiger partial charge is 0.130 e. The Kier molecular flexibility index (Phi) is 4.58. The van der Waals surface area contributed by atoms with Gasteiger partial charge in [-0.05, 0) is 31.5 Å². The van der Waals surface area contributed by atoms with Crippen LogP contribution in [0.5, 0.6) is 11.5 Å². The first-order valence-electron chi connectivity index (χ1n) is 6.51. The molecule has 1 aromatic carbocycles. The Morgan fingerprint density at radius 2 is 1.85 bits per heavy atom. The number of ether oxygens (including phenoxy) is 2. The number of pyridine rings is 1. The molecule has 0 spiro atoms. The molecule has 2 aromatic rings. The zero-order valence-electron chi connectivity index (χ0n) is 12.0. The summed E-state index contributed by atoms with van der Waals surface area (Å²) in [4.78, 5) is 4.40. The lowest BCUT2D eigenvalue weighted by atomic mass is 10.1. The van der Waals surface area contributed by atoms with E-state index in [2.05, 4.69) is 4.98 Å². The molecule has 0 aliphatic heterocycles. The first-order chi connectivity index (χ1) is 9.58. The number of aromatic nitrogens is 1. The van der Waals surface area contributed by atoms with Gasteiger partial charge in [0, 0.05) is 17.8 Å². The van der Waals surface area contributed by atoms with Crippen LogP contribution in [0.2, 0.25) is 0 Å². The van der Waals surface area contributed by atoms with Crippen LogP contribution in [0.3, 0.4) is 0 Å². The van der Waals surface area contributed by atoms with Crippen LogP contribution in [-0.2, 0) is 6.61 Å². The maximum absolute atomic E-state index is 9.45. The molecule has 0 aliphatic rings. The number of rotatable bonds is 5. The number of aliphatic hydroxyl groups is 1. The van der Waals surface area contributed by atoms with Crippen molar-refractivity contribution in [2.75, 3.05) is 7.11 Å². The van der Waals surface area contributed by atoms with Crippen molar-refractivity contribution in [3.63, 3.8) is 0 Å². The Morgan fingerprint density at radius 1 is 1.15 bits per heavy atom. The van der Waals surface area contributed by atoms with E-state index >= 15 is 0 Å². The Hall–Kier alpha value is -2.07. The summed E-state index contributed by atoms with van der Waals surface area (Å²) >= 11 is 0. The van der Waals surface area contributed by atoms with E-state index in [1.807, 2.05) is 43.3 Å². The normalized spacial score (nSPS) is 12.0. The summed E-state index contributed by atoms with van der Waals surface area (Å²) in [5, 5.41) is 9.45. The SMILES string of the molecule is COc1cc(C)nc(COc2ccc([C@H](C)O)cc2)c1. The van der Waals surface area contributed by atoms with E-state index < -0.39 is 6.10 Å². The van der Waals surface area contributed by atoms with Crippen LogP contribution in [0.1, 0.15) is 30.0 Å². The number of methoxy groups -OCH3 is 1. The van der Waals surface area contributed by atoms with Crippen LogP contribution in [0.15, 0.2) is 36.4 Å². The highest BCUT2D eigenvalue weighted by atomic mass is 16.5. The Labute approximate surface area is 119 Å². The topological polar surface area (TPSA) is 51.6 Å². The molecule has 2 rings (SSSR count). The molecular weight excluding hydrogens is 254 g/mol. The van der Waals surface area contributed by atoms with Gasteiger partial charge in [-0.25, -0.2) is 0 Å². The Balaban J connectivity index is 2.03. The number of hydrogen-bond acceptors (Lipinski definition) is 4. The third kappa shape index (κ3) is 3.71. The van der Waals surface area contributed by atoms with E-state index in [1.165, 1.54) is 0 Å². The summed E-state index contributed by atoms with van der Waals surface area (Å²) in [6.07, 6.45) is -0.466. The first kappa shape index (κ1) is 14.3. The van der Waals surface area contributed by atoms with Crippen molar-refractivity contribution in [1.82, 2.24) is 4.98 Å². The summed E-state index contributed by atoms with van der Waals surface area (Å²) < 4.78 is 10.9. The van der Waals surface area contributed by atoms with E-state index in [0.717, 1.165) is 28.5 Å². The van der Waals surface area contributed by atoms with E-state index in [9.17, 15) is 5.11 Å². The monoisotopic (exact) mass is 273 g/mol. The second-order valence-electron chi connectivity index (χ2n) is 4.67. The lowest BCUT2D eigenvalue weighted by Gasteiger charge is -2.09. The van der Waals surface area contributed by atoms with Crippen molar-refractivity contribution < 1.29 is 14.6 Å². The highest BCUT2D eigenvalue weighted by molar-refractivity contribution is 5.29. The highest BCUT2D eigenvalue weighted by Crippen LogP contribution is 2.19. The molecule has 1 N–H and O–H groups in total. The van der Waals surface area contributed by atoms with Gasteiger partial charge in [0.25, 0.3) is 0 Å². The fraction of sp³-hybridized carbons (Fsp3) is 0.312. The van der Waals surface area contributed by atoms with Gasteiger partial charge in [0.1, 0.15) is 18.1 Å². The van der Waals surface area contributed by atoms with Crippen LogP contribution in [0.4, 0.5) is 0 Å². The maximum atomic E-state index is 9.45. The van der Waals surface area contributed by atoms with Gasteiger partial charge in [0.2, 0.25) is 0 Å². The molecule has 0 bridgehead atoms. The van der Waals surface area contributed by atoms with E-state index in [-0.39, 0.29) is 0 Å². The van der Waals surface area contributed by atoms with Gasteiger partial charge >= 0.3 is 0 Å². The van der Waals surface area contributed by atoms with Crippen molar-refractivity contribution in [3.8, 4) is 11.5 Å². The molecular formula is C16H19NO3. The molecule has 0 amide bonds. The molecule has 20 heavy (non-hydrogen) atoms. The molecule has 106 valence electrons. The minimum absolute atomic E-state index is 0.381. The molecule has 0 aliphatic carbocycles. The van der Waals surface area contributed by atoms with Gasteiger partial charge in [0.05, 0.1) is 18.9 Å². The summed E-state index contributed by atoms with van der Waals surface area (Å²) in [6.45, 7) is 4.04.